The van der Waals surface area contributed by atoms with E-state index in [0.29, 0.717) is 6.04 Å². The van der Waals surface area contributed by atoms with Crippen molar-refractivity contribution in [1.29, 1.82) is 0 Å². The van der Waals surface area contributed by atoms with Crippen LogP contribution in [0.3, 0.4) is 0 Å². The third-order valence-corrected chi connectivity index (χ3v) is 3.31. The van der Waals surface area contributed by atoms with E-state index >= 15 is 0 Å². The maximum absolute atomic E-state index is 4.08. The predicted molar refractivity (Wildman–Crippen MR) is 65.3 cm³/mol. The molecule has 0 saturated heterocycles. The number of benzene rings is 1. The fourth-order valence-electron chi connectivity index (χ4n) is 2.47. The average Bonchev–Trinajstić information content (AvgIpc) is 2.93. The van der Waals surface area contributed by atoms with Crippen LogP contribution < -0.4 is 5.32 Å². The second kappa shape index (κ2) is 4.30. The van der Waals surface area contributed by atoms with Gasteiger partial charge in [-0.2, -0.15) is 0 Å². The zero-order valence-electron chi connectivity index (χ0n) is 9.93. The minimum absolute atomic E-state index is 0.466. The van der Waals surface area contributed by atoms with Gasteiger partial charge in [0.25, 0.3) is 0 Å². The Hall–Kier alpha value is -1.68. The zero-order chi connectivity index (χ0) is 11.7. The highest BCUT2D eigenvalue weighted by molar-refractivity contribution is 5.34. The highest BCUT2D eigenvalue weighted by Crippen LogP contribution is 2.30. The van der Waals surface area contributed by atoms with Crippen LogP contribution in [0.15, 0.2) is 30.5 Å². The monoisotopic (exact) mass is 228 g/mol. The smallest absolute Gasteiger partial charge is 0.0964 e. The van der Waals surface area contributed by atoms with Crippen molar-refractivity contribution in [2.24, 2.45) is 7.05 Å². The van der Waals surface area contributed by atoms with Gasteiger partial charge in [0.05, 0.1) is 5.69 Å². The Labute approximate surface area is 101 Å². The molecule has 1 heterocycles. The molecule has 0 radical (unpaired) electrons. The van der Waals surface area contributed by atoms with E-state index in [1.165, 1.54) is 24.0 Å². The second-order valence-electron chi connectivity index (χ2n) is 4.55. The first-order valence-electron chi connectivity index (χ1n) is 5.99. The van der Waals surface area contributed by atoms with Gasteiger partial charge < -0.3 is 5.32 Å². The van der Waals surface area contributed by atoms with Gasteiger partial charge in [-0.25, -0.2) is 0 Å². The molecule has 88 valence electrons. The van der Waals surface area contributed by atoms with Crippen LogP contribution in [-0.4, -0.2) is 15.0 Å². The van der Waals surface area contributed by atoms with Crippen molar-refractivity contribution in [3.63, 3.8) is 0 Å². The molecule has 4 heteroatoms. The first-order valence-corrected chi connectivity index (χ1v) is 5.99. The van der Waals surface area contributed by atoms with Crippen LogP contribution in [0.5, 0.6) is 0 Å². The predicted octanol–water partition coefficient (Wildman–Crippen LogP) is 1.59. The Kier molecular flexibility index (Phi) is 2.65. The Morgan fingerprint density at radius 1 is 1.41 bits per heavy atom. The molecule has 1 aliphatic carbocycles. The van der Waals surface area contributed by atoms with Crippen LogP contribution in [0.2, 0.25) is 0 Å². The lowest BCUT2D eigenvalue weighted by atomic mass is 10.1. The summed E-state index contributed by atoms with van der Waals surface area (Å²) in [5, 5.41) is 11.6. The molecular weight excluding hydrogens is 212 g/mol. The average molecular weight is 228 g/mol. The van der Waals surface area contributed by atoms with E-state index < -0.39 is 0 Å². The van der Waals surface area contributed by atoms with E-state index in [1.54, 1.807) is 4.68 Å². The van der Waals surface area contributed by atoms with Crippen molar-refractivity contribution < 1.29 is 0 Å². The van der Waals surface area contributed by atoms with E-state index in [0.717, 1.165) is 12.2 Å². The Morgan fingerprint density at radius 2 is 2.29 bits per heavy atom. The highest BCUT2D eigenvalue weighted by Gasteiger charge is 2.21. The topological polar surface area (TPSA) is 42.7 Å². The standard InChI is InChI=1S/C13H16N4/c1-17-9-11(15-16-17)8-14-13-7-6-10-4-2-3-5-12(10)13/h2-5,9,13-14H,6-8H2,1H3. The first kappa shape index (κ1) is 10.5. The van der Waals surface area contributed by atoms with Gasteiger partial charge in [-0.05, 0) is 24.0 Å². The summed E-state index contributed by atoms with van der Waals surface area (Å²) >= 11 is 0. The van der Waals surface area contributed by atoms with Crippen molar-refractivity contribution >= 4 is 0 Å². The normalized spacial score (nSPS) is 18.3. The Balaban J connectivity index is 1.68. The lowest BCUT2D eigenvalue weighted by molar-refractivity contribution is 0.525. The van der Waals surface area contributed by atoms with Gasteiger partial charge in [0.2, 0.25) is 0 Å². The van der Waals surface area contributed by atoms with E-state index in [2.05, 4.69) is 39.9 Å². The molecule has 0 aliphatic heterocycles. The molecule has 1 unspecified atom stereocenters. The van der Waals surface area contributed by atoms with Gasteiger partial charge in [0.1, 0.15) is 0 Å². The Bertz CT molecular complexity index is 518. The van der Waals surface area contributed by atoms with Gasteiger partial charge in [-0.1, -0.05) is 29.5 Å². The van der Waals surface area contributed by atoms with Crippen LogP contribution in [0.1, 0.15) is 29.3 Å². The lowest BCUT2D eigenvalue weighted by Gasteiger charge is -2.12. The molecule has 2 aromatic rings. The molecule has 1 N–H and O–H groups in total. The molecule has 1 aromatic carbocycles. The van der Waals surface area contributed by atoms with E-state index in [9.17, 15) is 0 Å². The van der Waals surface area contributed by atoms with Crippen molar-refractivity contribution in [3.8, 4) is 0 Å². The second-order valence-corrected chi connectivity index (χ2v) is 4.55. The molecule has 1 atom stereocenters. The summed E-state index contributed by atoms with van der Waals surface area (Å²) in [5.74, 6) is 0. The van der Waals surface area contributed by atoms with Gasteiger partial charge >= 0.3 is 0 Å². The Morgan fingerprint density at radius 3 is 3.12 bits per heavy atom. The molecule has 3 rings (SSSR count). The van der Waals surface area contributed by atoms with Crippen LogP contribution in [0.4, 0.5) is 0 Å². The number of aromatic nitrogens is 3. The molecule has 0 amide bonds. The molecule has 0 bridgehead atoms. The quantitative estimate of drug-likeness (QED) is 0.867. The van der Waals surface area contributed by atoms with Crippen molar-refractivity contribution in [1.82, 2.24) is 20.3 Å². The summed E-state index contributed by atoms with van der Waals surface area (Å²) in [6.45, 7) is 0.785. The number of hydrogen-bond acceptors (Lipinski definition) is 3. The number of nitrogens with zero attached hydrogens (tertiary/aromatic N) is 3. The minimum atomic E-state index is 0.466. The van der Waals surface area contributed by atoms with E-state index in [4.69, 9.17) is 0 Å². The third kappa shape index (κ3) is 2.08. The fourth-order valence-corrected chi connectivity index (χ4v) is 2.47. The van der Waals surface area contributed by atoms with Crippen molar-refractivity contribution in [3.05, 3.63) is 47.3 Å². The van der Waals surface area contributed by atoms with E-state index in [-0.39, 0.29) is 0 Å². The molecule has 1 aliphatic rings. The van der Waals surface area contributed by atoms with E-state index in [1.807, 2.05) is 13.2 Å². The first-order chi connectivity index (χ1) is 8.33. The van der Waals surface area contributed by atoms with Gasteiger partial charge in [-0.3, -0.25) is 4.68 Å². The summed E-state index contributed by atoms with van der Waals surface area (Å²) < 4.78 is 1.74. The number of nitrogens with one attached hydrogen (secondary N) is 1. The third-order valence-electron chi connectivity index (χ3n) is 3.31. The van der Waals surface area contributed by atoms with Crippen LogP contribution in [0, 0.1) is 0 Å². The van der Waals surface area contributed by atoms with Crippen LogP contribution in [0.25, 0.3) is 0 Å². The molecule has 1 aromatic heterocycles. The fraction of sp³-hybridized carbons (Fsp3) is 0.385. The van der Waals surface area contributed by atoms with Crippen molar-refractivity contribution in [2.75, 3.05) is 0 Å². The summed E-state index contributed by atoms with van der Waals surface area (Å²) in [6.07, 6.45) is 4.31. The maximum atomic E-state index is 4.08. The molecule has 17 heavy (non-hydrogen) atoms. The van der Waals surface area contributed by atoms with Gasteiger partial charge in [0, 0.05) is 25.8 Å². The SMILES string of the molecule is Cn1cc(CNC2CCc3ccccc32)nn1. The van der Waals surface area contributed by atoms with Crippen LogP contribution in [-0.2, 0) is 20.0 Å². The van der Waals surface area contributed by atoms with Crippen LogP contribution >= 0.6 is 0 Å². The molecule has 0 spiro atoms. The van der Waals surface area contributed by atoms with Crippen molar-refractivity contribution in [2.45, 2.75) is 25.4 Å². The summed E-state index contributed by atoms with van der Waals surface area (Å²) in [4.78, 5) is 0. The van der Waals surface area contributed by atoms with Gasteiger partial charge in [0.15, 0.2) is 0 Å². The summed E-state index contributed by atoms with van der Waals surface area (Å²) in [5.41, 5.74) is 3.91. The molecule has 0 fully saturated rings. The lowest BCUT2D eigenvalue weighted by Crippen LogP contribution is -2.18. The molecule has 0 saturated carbocycles. The number of rotatable bonds is 3. The minimum Gasteiger partial charge on any atom is -0.304 e. The number of hydrogen-bond donors (Lipinski definition) is 1. The summed E-state index contributed by atoms with van der Waals surface area (Å²) in [6, 6.07) is 9.13. The molecule has 4 nitrogen and oxygen atoms in total. The van der Waals surface area contributed by atoms with Gasteiger partial charge in [-0.15, -0.1) is 5.10 Å². The number of fused-ring (bicyclic) bond motifs is 1. The largest absolute Gasteiger partial charge is 0.304 e. The molecular formula is C13H16N4. The highest BCUT2D eigenvalue weighted by atomic mass is 15.4. The maximum Gasteiger partial charge on any atom is 0.0964 e. The zero-order valence-corrected chi connectivity index (χ0v) is 9.93. The number of aryl methyl sites for hydroxylation is 2. The summed E-state index contributed by atoms with van der Waals surface area (Å²) in [7, 11) is 1.89.